The average molecular weight is 361 g/mol. The molecule has 0 aromatic heterocycles. The SMILES string of the molecule is CC[C@H](C)c1ccccc1NS(=O)(=O)c1ccc(CCC(=O)O)cc1. The van der Waals surface area contributed by atoms with E-state index in [-0.39, 0.29) is 17.2 Å². The molecule has 0 unspecified atom stereocenters. The number of aliphatic carboxylic acids is 1. The normalized spacial score (nSPS) is 12.6. The molecule has 6 heteroatoms. The molecule has 0 aliphatic heterocycles. The first-order valence-corrected chi connectivity index (χ1v) is 9.74. The third-order valence-corrected chi connectivity index (χ3v) is 5.59. The van der Waals surface area contributed by atoms with Gasteiger partial charge in [-0.1, -0.05) is 44.2 Å². The van der Waals surface area contributed by atoms with E-state index in [1.807, 2.05) is 12.1 Å². The van der Waals surface area contributed by atoms with Crippen molar-refractivity contribution in [1.29, 1.82) is 0 Å². The third-order valence-electron chi connectivity index (χ3n) is 4.21. The summed E-state index contributed by atoms with van der Waals surface area (Å²) < 4.78 is 27.9. The van der Waals surface area contributed by atoms with Crippen molar-refractivity contribution in [3.8, 4) is 0 Å². The van der Waals surface area contributed by atoms with E-state index in [1.165, 1.54) is 12.1 Å². The van der Waals surface area contributed by atoms with Crippen molar-refractivity contribution in [2.75, 3.05) is 4.72 Å². The fourth-order valence-electron chi connectivity index (χ4n) is 2.53. The minimum Gasteiger partial charge on any atom is -0.481 e. The lowest BCUT2D eigenvalue weighted by atomic mass is 9.97. The highest BCUT2D eigenvalue weighted by Crippen LogP contribution is 2.28. The molecule has 0 bridgehead atoms. The Kier molecular flexibility index (Phi) is 6.20. The minimum absolute atomic E-state index is 0.0205. The van der Waals surface area contributed by atoms with Gasteiger partial charge in [0, 0.05) is 6.42 Å². The number of benzene rings is 2. The second-order valence-electron chi connectivity index (χ2n) is 6.04. The van der Waals surface area contributed by atoms with Gasteiger partial charge in [-0.2, -0.15) is 0 Å². The summed E-state index contributed by atoms with van der Waals surface area (Å²) in [5, 5.41) is 8.71. The number of sulfonamides is 1. The first-order valence-electron chi connectivity index (χ1n) is 8.26. The summed E-state index contributed by atoms with van der Waals surface area (Å²) in [6.07, 6.45) is 1.31. The summed E-state index contributed by atoms with van der Waals surface area (Å²) in [4.78, 5) is 10.8. The van der Waals surface area contributed by atoms with E-state index in [4.69, 9.17) is 5.11 Å². The molecule has 0 fully saturated rings. The molecule has 0 spiro atoms. The zero-order chi connectivity index (χ0) is 18.4. The van der Waals surface area contributed by atoms with Gasteiger partial charge >= 0.3 is 5.97 Å². The molecule has 0 heterocycles. The Morgan fingerprint density at radius 1 is 1.12 bits per heavy atom. The minimum atomic E-state index is -3.69. The fraction of sp³-hybridized carbons (Fsp3) is 0.316. The van der Waals surface area contributed by atoms with Gasteiger partial charge in [0.1, 0.15) is 0 Å². The lowest BCUT2D eigenvalue weighted by Gasteiger charge is -2.16. The van der Waals surface area contributed by atoms with Crippen molar-refractivity contribution < 1.29 is 18.3 Å². The number of carbonyl (C=O) groups is 1. The van der Waals surface area contributed by atoms with Crippen LogP contribution in [0, 0.1) is 0 Å². The lowest BCUT2D eigenvalue weighted by Crippen LogP contribution is -2.14. The van der Waals surface area contributed by atoms with Crippen molar-refractivity contribution in [1.82, 2.24) is 0 Å². The van der Waals surface area contributed by atoms with Gasteiger partial charge in [0.2, 0.25) is 0 Å². The van der Waals surface area contributed by atoms with Crippen molar-refractivity contribution in [2.45, 2.75) is 43.9 Å². The highest BCUT2D eigenvalue weighted by atomic mass is 32.2. The summed E-state index contributed by atoms with van der Waals surface area (Å²) in [7, 11) is -3.69. The standard InChI is InChI=1S/C19H23NO4S/c1-3-14(2)17-6-4-5-7-18(17)20-25(23,24)16-11-8-15(9-12-16)10-13-19(21)22/h4-9,11-12,14,20H,3,10,13H2,1-2H3,(H,21,22)/t14-/m0/s1. The van der Waals surface area contributed by atoms with Gasteiger partial charge in [-0.05, 0) is 48.1 Å². The number of hydrogen-bond acceptors (Lipinski definition) is 3. The molecular formula is C19H23NO4S. The topological polar surface area (TPSA) is 83.5 Å². The van der Waals surface area contributed by atoms with Crippen LogP contribution in [0.1, 0.15) is 43.7 Å². The molecule has 0 radical (unpaired) electrons. The van der Waals surface area contributed by atoms with Crippen LogP contribution in [0.3, 0.4) is 0 Å². The molecule has 2 N–H and O–H groups in total. The molecule has 5 nitrogen and oxygen atoms in total. The van der Waals surface area contributed by atoms with Crippen LogP contribution in [-0.2, 0) is 21.2 Å². The van der Waals surface area contributed by atoms with Crippen molar-refractivity contribution in [3.05, 3.63) is 59.7 Å². The fourth-order valence-corrected chi connectivity index (χ4v) is 3.62. The van der Waals surface area contributed by atoms with Crippen molar-refractivity contribution in [2.24, 2.45) is 0 Å². The number of aryl methyl sites for hydroxylation is 1. The molecule has 0 saturated heterocycles. The van der Waals surface area contributed by atoms with E-state index in [9.17, 15) is 13.2 Å². The molecule has 1 atom stereocenters. The van der Waals surface area contributed by atoms with E-state index in [1.54, 1.807) is 24.3 Å². The third kappa shape index (κ3) is 5.06. The molecule has 0 aliphatic rings. The second-order valence-corrected chi connectivity index (χ2v) is 7.72. The Morgan fingerprint density at radius 2 is 1.76 bits per heavy atom. The van der Waals surface area contributed by atoms with E-state index < -0.39 is 16.0 Å². The van der Waals surface area contributed by atoms with E-state index in [2.05, 4.69) is 18.6 Å². The smallest absolute Gasteiger partial charge is 0.303 e. The predicted molar refractivity (Wildman–Crippen MR) is 98.4 cm³/mol. The van der Waals surface area contributed by atoms with Gasteiger partial charge in [0.05, 0.1) is 10.6 Å². The Labute approximate surface area is 148 Å². The summed E-state index contributed by atoms with van der Waals surface area (Å²) in [6, 6.07) is 13.7. The van der Waals surface area contributed by atoms with Gasteiger partial charge in [0.25, 0.3) is 10.0 Å². The number of anilines is 1. The van der Waals surface area contributed by atoms with Gasteiger partial charge < -0.3 is 5.11 Å². The maximum absolute atomic E-state index is 12.6. The first kappa shape index (κ1) is 19.0. The summed E-state index contributed by atoms with van der Waals surface area (Å²) in [5.74, 6) is -0.627. The van der Waals surface area contributed by atoms with Crippen LogP contribution in [0.4, 0.5) is 5.69 Å². The van der Waals surface area contributed by atoms with Gasteiger partial charge in [-0.3, -0.25) is 9.52 Å². The number of hydrogen-bond donors (Lipinski definition) is 2. The zero-order valence-electron chi connectivity index (χ0n) is 14.4. The Balaban J connectivity index is 2.21. The first-order chi connectivity index (χ1) is 11.8. The summed E-state index contributed by atoms with van der Waals surface area (Å²) >= 11 is 0. The molecule has 0 amide bonds. The second kappa shape index (κ2) is 8.16. The van der Waals surface area contributed by atoms with Gasteiger partial charge in [-0.25, -0.2) is 8.42 Å². The van der Waals surface area contributed by atoms with Crippen LogP contribution >= 0.6 is 0 Å². The molecule has 25 heavy (non-hydrogen) atoms. The summed E-state index contributed by atoms with van der Waals surface area (Å²) in [6.45, 7) is 4.12. The number of carboxylic acid groups (broad SMARTS) is 1. The summed E-state index contributed by atoms with van der Waals surface area (Å²) in [5.41, 5.74) is 2.35. The van der Waals surface area contributed by atoms with Crippen molar-refractivity contribution in [3.63, 3.8) is 0 Å². The van der Waals surface area contributed by atoms with Crippen LogP contribution in [0.2, 0.25) is 0 Å². The van der Waals surface area contributed by atoms with E-state index in [0.717, 1.165) is 17.5 Å². The molecule has 2 rings (SSSR count). The number of para-hydroxylation sites is 1. The monoisotopic (exact) mass is 361 g/mol. The van der Waals surface area contributed by atoms with E-state index in [0.29, 0.717) is 12.1 Å². The number of carboxylic acids is 1. The Hall–Kier alpha value is -2.34. The van der Waals surface area contributed by atoms with E-state index >= 15 is 0 Å². The quantitative estimate of drug-likeness (QED) is 0.744. The Bertz CT molecular complexity index is 829. The number of nitrogens with one attached hydrogen (secondary N) is 1. The van der Waals surface area contributed by atoms with Crippen LogP contribution in [-0.4, -0.2) is 19.5 Å². The molecule has 2 aromatic carbocycles. The number of rotatable bonds is 8. The molecule has 0 aliphatic carbocycles. The largest absolute Gasteiger partial charge is 0.481 e. The molecule has 0 saturated carbocycles. The lowest BCUT2D eigenvalue weighted by molar-refractivity contribution is -0.136. The molecule has 2 aromatic rings. The van der Waals surface area contributed by atoms with Crippen LogP contribution in [0.25, 0.3) is 0 Å². The van der Waals surface area contributed by atoms with Crippen LogP contribution in [0.5, 0.6) is 0 Å². The van der Waals surface area contributed by atoms with Crippen LogP contribution < -0.4 is 4.72 Å². The Morgan fingerprint density at radius 3 is 2.36 bits per heavy atom. The molecular weight excluding hydrogens is 338 g/mol. The van der Waals surface area contributed by atoms with Gasteiger partial charge in [0.15, 0.2) is 0 Å². The highest BCUT2D eigenvalue weighted by Gasteiger charge is 2.17. The maximum atomic E-state index is 12.6. The van der Waals surface area contributed by atoms with Crippen LogP contribution in [0.15, 0.2) is 53.4 Å². The predicted octanol–water partition coefficient (Wildman–Crippen LogP) is 4.02. The van der Waals surface area contributed by atoms with Crippen molar-refractivity contribution >= 4 is 21.7 Å². The van der Waals surface area contributed by atoms with Gasteiger partial charge in [-0.15, -0.1) is 0 Å². The molecule has 134 valence electrons. The average Bonchev–Trinajstić information content (AvgIpc) is 2.60. The zero-order valence-corrected chi connectivity index (χ0v) is 15.2. The maximum Gasteiger partial charge on any atom is 0.303 e. The highest BCUT2D eigenvalue weighted by molar-refractivity contribution is 7.92.